The highest BCUT2D eigenvalue weighted by Gasteiger charge is 2.13. The van der Waals surface area contributed by atoms with Gasteiger partial charge < -0.3 is 4.42 Å². The average Bonchev–Trinajstić information content (AvgIpc) is 3.12. The third-order valence-corrected chi connectivity index (χ3v) is 5.09. The minimum absolute atomic E-state index is 0.0577. The number of benzene rings is 2. The maximum absolute atomic E-state index is 12.5. The highest BCUT2D eigenvalue weighted by Crippen LogP contribution is 2.26. The molecule has 0 aliphatic rings. The predicted octanol–water partition coefficient (Wildman–Crippen LogP) is 3.89. The van der Waals surface area contributed by atoms with Gasteiger partial charge in [-0.1, -0.05) is 41.1 Å². The van der Waals surface area contributed by atoms with Crippen LogP contribution in [0.15, 0.2) is 56.9 Å². The van der Waals surface area contributed by atoms with E-state index in [0.29, 0.717) is 33.6 Å². The lowest BCUT2D eigenvalue weighted by molar-refractivity contribution is 0.465. The Bertz CT molecular complexity index is 1180. The molecule has 136 valence electrons. The van der Waals surface area contributed by atoms with E-state index in [1.807, 2.05) is 44.2 Å². The van der Waals surface area contributed by atoms with Gasteiger partial charge in [0.15, 0.2) is 0 Å². The standard InChI is InChI=1S/C20H18N4O2S/c1-12-8-13(2)10-14(9-12)18-22-23-20(26-18)27-11-17-21-16-7-5-4-6-15(16)19(25)24(17)3/h4-10H,11H2,1-3H3. The normalized spacial score (nSPS) is 11.2. The minimum atomic E-state index is -0.0577. The third-order valence-electron chi connectivity index (χ3n) is 4.28. The second-order valence-corrected chi connectivity index (χ2v) is 7.37. The number of hydrogen-bond donors (Lipinski definition) is 0. The Hall–Kier alpha value is -2.93. The summed E-state index contributed by atoms with van der Waals surface area (Å²) >= 11 is 1.37. The summed E-state index contributed by atoms with van der Waals surface area (Å²) in [6, 6.07) is 13.5. The van der Waals surface area contributed by atoms with Crippen LogP contribution in [0, 0.1) is 13.8 Å². The Morgan fingerprint density at radius 1 is 1.07 bits per heavy atom. The second-order valence-electron chi connectivity index (χ2n) is 6.45. The van der Waals surface area contributed by atoms with Crippen molar-refractivity contribution in [2.45, 2.75) is 24.8 Å². The molecule has 0 saturated heterocycles. The van der Waals surface area contributed by atoms with Crippen LogP contribution in [-0.4, -0.2) is 19.7 Å². The third kappa shape index (κ3) is 3.50. The summed E-state index contributed by atoms with van der Waals surface area (Å²) in [6.07, 6.45) is 0. The highest BCUT2D eigenvalue weighted by atomic mass is 32.2. The highest BCUT2D eigenvalue weighted by molar-refractivity contribution is 7.98. The molecular formula is C20H18N4O2S. The lowest BCUT2D eigenvalue weighted by Gasteiger charge is -2.07. The summed E-state index contributed by atoms with van der Waals surface area (Å²) in [7, 11) is 1.73. The molecule has 0 spiro atoms. The lowest BCUT2D eigenvalue weighted by atomic mass is 10.1. The van der Waals surface area contributed by atoms with Gasteiger partial charge in [-0.2, -0.15) is 0 Å². The van der Waals surface area contributed by atoms with Gasteiger partial charge in [-0.25, -0.2) is 4.98 Å². The maximum Gasteiger partial charge on any atom is 0.277 e. The van der Waals surface area contributed by atoms with Gasteiger partial charge in [-0.15, -0.1) is 10.2 Å². The molecule has 7 heteroatoms. The second kappa shape index (κ2) is 7.00. The minimum Gasteiger partial charge on any atom is -0.411 e. The Kier molecular flexibility index (Phi) is 4.53. The lowest BCUT2D eigenvalue weighted by Crippen LogP contribution is -2.21. The number of aryl methyl sites for hydroxylation is 2. The molecule has 0 bridgehead atoms. The number of aromatic nitrogens is 4. The van der Waals surface area contributed by atoms with E-state index >= 15 is 0 Å². The fourth-order valence-corrected chi connectivity index (χ4v) is 3.75. The van der Waals surface area contributed by atoms with Crippen LogP contribution >= 0.6 is 11.8 Å². The molecule has 0 saturated carbocycles. The topological polar surface area (TPSA) is 73.8 Å². The molecule has 0 radical (unpaired) electrons. The number of hydrogen-bond acceptors (Lipinski definition) is 6. The van der Waals surface area contributed by atoms with Crippen molar-refractivity contribution in [1.29, 1.82) is 0 Å². The van der Waals surface area contributed by atoms with Crippen molar-refractivity contribution in [2.75, 3.05) is 0 Å². The van der Waals surface area contributed by atoms with Crippen LogP contribution in [0.2, 0.25) is 0 Å². The molecule has 0 aliphatic heterocycles. The van der Waals surface area contributed by atoms with Gasteiger partial charge in [0.05, 0.1) is 16.7 Å². The number of para-hydroxylation sites is 1. The van der Waals surface area contributed by atoms with Gasteiger partial charge in [0.1, 0.15) is 5.82 Å². The van der Waals surface area contributed by atoms with Crippen molar-refractivity contribution in [3.05, 3.63) is 69.8 Å². The molecule has 2 heterocycles. The Morgan fingerprint density at radius 3 is 2.59 bits per heavy atom. The number of fused-ring (bicyclic) bond motifs is 1. The largest absolute Gasteiger partial charge is 0.411 e. The molecule has 0 atom stereocenters. The van der Waals surface area contributed by atoms with Crippen LogP contribution in [0.1, 0.15) is 17.0 Å². The summed E-state index contributed by atoms with van der Waals surface area (Å²) in [5.74, 6) is 1.62. The van der Waals surface area contributed by atoms with Gasteiger partial charge in [-0.3, -0.25) is 9.36 Å². The van der Waals surface area contributed by atoms with Crippen LogP contribution in [0.25, 0.3) is 22.4 Å². The van der Waals surface area contributed by atoms with E-state index in [0.717, 1.165) is 16.7 Å². The first-order valence-electron chi connectivity index (χ1n) is 8.51. The summed E-state index contributed by atoms with van der Waals surface area (Å²) in [5, 5.41) is 9.32. The average molecular weight is 378 g/mol. The first-order valence-corrected chi connectivity index (χ1v) is 9.49. The van der Waals surface area contributed by atoms with Crippen LogP contribution in [0.5, 0.6) is 0 Å². The van der Waals surface area contributed by atoms with Gasteiger partial charge in [-0.05, 0) is 38.1 Å². The summed E-state index contributed by atoms with van der Waals surface area (Å²) in [5.41, 5.74) is 3.83. The van der Waals surface area contributed by atoms with Crippen LogP contribution in [0.3, 0.4) is 0 Å². The van der Waals surface area contributed by atoms with Gasteiger partial charge in [0.2, 0.25) is 5.89 Å². The van der Waals surface area contributed by atoms with Gasteiger partial charge in [0.25, 0.3) is 10.8 Å². The van der Waals surface area contributed by atoms with Crippen LogP contribution in [-0.2, 0) is 12.8 Å². The first-order chi connectivity index (χ1) is 13.0. The maximum atomic E-state index is 12.5. The molecule has 4 aromatic rings. The van der Waals surface area contributed by atoms with Crippen molar-refractivity contribution in [2.24, 2.45) is 7.05 Å². The van der Waals surface area contributed by atoms with Crippen molar-refractivity contribution in [3.63, 3.8) is 0 Å². The number of thioether (sulfide) groups is 1. The summed E-state index contributed by atoms with van der Waals surface area (Å²) in [6.45, 7) is 4.07. The van der Waals surface area contributed by atoms with E-state index in [1.54, 1.807) is 17.7 Å². The van der Waals surface area contributed by atoms with E-state index in [1.165, 1.54) is 11.8 Å². The van der Waals surface area contributed by atoms with E-state index in [4.69, 9.17) is 4.42 Å². The quantitative estimate of drug-likeness (QED) is 0.502. The van der Waals surface area contributed by atoms with Crippen molar-refractivity contribution < 1.29 is 4.42 Å². The fraction of sp³-hybridized carbons (Fsp3) is 0.200. The molecule has 27 heavy (non-hydrogen) atoms. The van der Waals surface area contributed by atoms with E-state index in [2.05, 4.69) is 21.2 Å². The monoisotopic (exact) mass is 378 g/mol. The molecule has 6 nitrogen and oxygen atoms in total. The van der Waals surface area contributed by atoms with E-state index in [9.17, 15) is 4.79 Å². The zero-order valence-corrected chi connectivity index (χ0v) is 16.1. The smallest absolute Gasteiger partial charge is 0.277 e. The van der Waals surface area contributed by atoms with Crippen molar-refractivity contribution in [3.8, 4) is 11.5 Å². The summed E-state index contributed by atoms with van der Waals surface area (Å²) in [4.78, 5) is 17.1. The van der Waals surface area contributed by atoms with Gasteiger partial charge in [0, 0.05) is 12.6 Å². The molecule has 0 unspecified atom stereocenters. The molecular weight excluding hydrogens is 360 g/mol. The Labute approximate surface area is 160 Å². The molecule has 0 aliphatic carbocycles. The molecule has 2 aromatic carbocycles. The van der Waals surface area contributed by atoms with Crippen molar-refractivity contribution in [1.82, 2.24) is 19.7 Å². The molecule has 0 N–H and O–H groups in total. The molecule has 4 rings (SSSR count). The van der Waals surface area contributed by atoms with Gasteiger partial charge >= 0.3 is 0 Å². The SMILES string of the molecule is Cc1cc(C)cc(-c2nnc(SCc3nc4ccccc4c(=O)n3C)o2)c1. The van der Waals surface area contributed by atoms with E-state index in [-0.39, 0.29) is 5.56 Å². The van der Waals surface area contributed by atoms with E-state index < -0.39 is 0 Å². The molecule has 0 amide bonds. The number of nitrogens with zero attached hydrogens (tertiary/aromatic N) is 4. The zero-order valence-electron chi connectivity index (χ0n) is 15.3. The predicted molar refractivity (Wildman–Crippen MR) is 106 cm³/mol. The fourth-order valence-electron chi connectivity index (χ4n) is 3.00. The molecule has 0 fully saturated rings. The first kappa shape index (κ1) is 17.5. The zero-order chi connectivity index (χ0) is 19.0. The Morgan fingerprint density at radius 2 is 1.81 bits per heavy atom. The van der Waals surface area contributed by atoms with Crippen molar-refractivity contribution >= 4 is 22.7 Å². The summed E-state index contributed by atoms with van der Waals surface area (Å²) < 4.78 is 7.35. The Balaban J connectivity index is 1.58. The van der Waals surface area contributed by atoms with Crippen LogP contribution < -0.4 is 5.56 Å². The number of rotatable bonds is 4. The molecule has 2 aromatic heterocycles. The van der Waals surface area contributed by atoms with Crippen LogP contribution in [0.4, 0.5) is 0 Å².